The minimum absolute atomic E-state index is 0.0216. The van der Waals surface area contributed by atoms with Crippen LogP contribution in [0.1, 0.15) is 412 Å². The maximum atomic E-state index is 12.5. The molecule has 6 nitrogen and oxygen atoms in total. The smallest absolute Gasteiger partial charge is 0.305 e. The summed E-state index contributed by atoms with van der Waals surface area (Å²) in [4.78, 5) is 24.6. The van der Waals surface area contributed by atoms with Crippen molar-refractivity contribution in [3.05, 3.63) is 24.3 Å². The van der Waals surface area contributed by atoms with Gasteiger partial charge in [-0.05, 0) is 57.8 Å². The maximum absolute atomic E-state index is 12.5. The van der Waals surface area contributed by atoms with E-state index in [9.17, 15) is 19.8 Å². The topological polar surface area (TPSA) is 95.9 Å². The van der Waals surface area contributed by atoms with Crippen LogP contribution in [0.2, 0.25) is 0 Å². The van der Waals surface area contributed by atoms with Crippen molar-refractivity contribution in [3.63, 3.8) is 0 Å². The van der Waals surface area contributed by atoms with Crippen LogP contribution >= 0.6 is 0 Å². The zero-order valence-electron chi connectivity index (χ0n) is 54.3. The first kappa shape index (κ1) is 78.3. The number of carbonyl (C=O) groups is 2. The molecule has 2 atom stereocenters. The number of carbonyl (C=O) groups excluding carboxylic acids is 2. The molecule has 0 saturated heterocycles. The van der Waals surface area contributed by atoms with Crippen molar-refractivity contribution in [1.29, 1.82) is 0 Å². The van der Waals surface area contributed by atoms with E-state index in [-0.39, 0.29) is 18.5 Å². The van der Waals surface area contributed by atoms with Crippen molar-refractivity contribution in [3.8, 4) is 0 Å². The number of nitrogens with one attached hydrogen (secondary N) is 1. The molecule has 0 aliphatic heterocycles. The van der Waals surface area contributed by atoms with Gasteiger partial charge >= 0.3 is 5.97 Å². The van der Waals surface area contributed by atoms with Gasteiger partial charge in [-0.2, -0.15) is 0 Å². The molecule has 0 saturated carbocycles. The summed E-state index contributed by atoms with van der Waals surface area (Å²) in [6, 6.07) is -0.626. The maximum Gasteiger partial charge on any atom is 0.305 e. The van der Waals surface area contributed by atoms with E-state index in [0.717, 1.165) is 38.5 Å². The van der Waals surface area contributed by atoms with Gasteiger partial charge in [0.15, 0.2) is 0 Å². The summed E-state index contributed by atoms with van der Waals surface area (Å²) in [6.45, 7) is 4.95. The fourth-order valence-corrected chi connectivity index (χ4v) is 11.6. The van der Waals surface area contributed by atoms with Crippen LogP contribution in [0.15, 0.2) is 24.3 Å². The normalized spacial score (nSPS) is 12.6. The molecule has 3 N–H and O–H groups in total. The summed E-state index contributed by atoms with van der Waals surface area (Å²) in [5.41, 5.74) is 0. The highest BCUT2D eigenvalue weighted by molar-refractivity contribution is 5.76. The molecular formula is C74H143NO5. The Morgan fingerprint density at radius 3 is 0.887 bits per heavy atom. The standard InChI is InChI=1S/C74H143NO5/c1-3-5-7-9-11-13-15-17-19-39-42-46-50-54-58-62-66-72(77)71(70-76)75-73(78)67-63-59-55-51-47-43-40-36-34-32-30-28-26-24-22-20-21-23-25-27-29-31-33-35-37-41-45-49-53-57-61-65-69-80-74(79)68-64-60-56-52-48-44-38-18-16-14-12-10-8-6-4-2/h23,25,62,66,71-72,76-77H,3-22,24,26-61,63-65,67-70H2,1-2H3,(H,75,78)/b25-23-,66-62+. The van der Waals surface area contributed by atoms with E-state index in [2.05, 4.69) is 31.3 Å². The SMILES string of the molecule is CCCCCCCCCCCCCCCC/C=C/C(O)C(CO)NC(=O)CCCCCCCCCCCCCCCCCC/C=C\CCCCCCCCCCCCCCOC(=O)CCCCCCCCCCCCCCCCC. The van der Waals surface area contributed by atoms with E-state index in [1.165, 1.54) is 347 Å². The highest BCUT2D eigenvalue weighted by Gasteiger charge is 2.18. The second-order valence-corrected chi connectivity index (χ2v) is 25.3. The lowest BCUT2D eigenvalue weighted by Crippen LogP contribution is -2.45. The number of hydrogen-bond acceptors (Lipinski definition) is 5. The van der Waals surface area contributed by atoms with E-state index < -0.39 is 12.1 Å². The molecule has 0 spiro atoms. The van der Waals surface area contributed by atoms with Crippen molar-refractivity contribution in [2.24, 2.45) is 0 Å². The van der Waals surface area contributed by atoms with Gasteiger partial charge < -0.3 is 20.3 Å². The minimum atomic E-state index is -0.842. The Morgan fingerprint density at radius 1 is 0.338 bits per heavy atom. The Balaban J connectivity index is 3.36. The van der Waals surface area contributed by atoms with Crippen LogP contribution in [0.3, 0.4) is 0 Å². The first-order chi connectivity index (χ1) is 39.5. The zero-order valence-corrected chi connectivity index (χ0v) is 54.3. The van der Waals surface area contributed by atoms with Gasteiger partial charge in [-0.25, -0.2) is 0 Å². The van der Waals surface area contributed by atoms with Crippen molar-refractivity contribution in [2.45, 2.75) is 424 Å². The number of aliphatic hydroxyl groups is 2. The Kier molecular flexibility index (Phi) is 68.4. The van der Waals surface area contributed by atoms with E-state index in [0.29, 0.717) is 19.4 Å². The quantitative estimate of drug-likeness (QED) is 0.0320. The average Bonchev–Trinajstić information content (AvgIpc) is 3.46. The second-order valence-electron chi connectivity index (χ2n) is 25.3. The summed E-state index contributed by atoms with van der Waals surface area (Å²) < 4.78 is 5.50. The summed E-state index contributed by atoms with van der Waals surface area (Å²) in [6.07, 6.45) is 88.5. The van der Waals surface area contributed by atoms with Gasteiger partial charge in [0.05, 0.1) is 25.4 Å². The van der Waals surface area contributed by atoms with Gasteiger partial charge in [0, 0.05) is 12.8 Å². The number of rotatable bonds is 69. The fourth-order valence-electron chi connectivity index (χ4n) is 11.6. The number of aliphatic hydroxyl groups excluding tert-OH is 2. The van der Waals surface area contributed by atoms with Gasteiger partial charge in [0.1, 0.15) is 0 Å². The summed E-state index contributed by atoms with van der Waals surface area (Å²) in [7, 11) is 0. The summed E-state index contributed by atoms with van der Waals surface area (Å²) in [5.74, 6) is -0.0407. The first-order valence-electron chi connectivity index (χ1n) is 36.6. The molecule has 0 fully saturated rings. The van der Waals surface area contributed by atoms with Gasteiger partial charge in [-0.1, -0.05) is 366 Å². The van der Waals surface area contributed by atoms with Gasteiger partial charge in [0.2, 0.25) is 5.91 Å². The van der Waals surface area contributed by atoms with Gasteiger partial charge in [0.25, 0.3) is 0 Å². The molecule has 0 radical (unpaired) electrons. The van der Waals surface area contributed by atoms with Crippen LogP contribution in [-0.4, -0.2) is 47.4 Å². The Labute approximate surface area is 501 Å². The Morgan fingerprint density at radius 2 is 0.588 bits per heavy atom. The molecule has 0 aromatic rings. The second kappa shape index (κ2) is 69.8. The van der Waals surface area contributed by atoms with E-state index >= 15 is 0 Å². The van der Waals surface area contributed by atoms with Gasteiger partial charge in [-0.3, -0.25) is 9.59 Å². The van der Waals surface area contributed by atoms with E-state index in [1.807, 2.05) is 6.08 Å². The highest BCUT2D eigenvalue weighted by Crippen LogP contribution is 2.19. The molecule has 0 rings (SSSR count). The number of unbranched alkanes of at least 4 members (excludes halogenated alkanes) is 56. The molecule has 2 unspecified atom stereocenters. The fraction of sp³-hybridized carbons (Fsp3) is 0.919. The third-order valence-electron chi connectivity index (χ3n) is 17.2. The molecule has 0 aromatic heterocycles. The number of esters is 1. The number of amides is 1. The predicted octanol–water partition coefficient (Wildman–Crippen LogP) is 23.7. The average molecular weight is 1130 g/mol. The summed E-state index contributed by atoms with van der Waals surface area (Å²) >= 11 is 0. The molecule has 0 aliphatic carbocycles. The van der Waals surface area contributed by atoms with Crippen LogP contribution in [0.4, 0.5) is 0 Å². The monoisotopic (exact) mass is 1130 g/mol. The number of ether oxygens (including phenoxy) is 1. The van der Waals surface area contributed by atoms with Crippen molar-refractivity contribution in [1.82, 2.24) is 5.32 Å². The molecule has 1 amide bonds. The molecule has 0 aromatic carbocycles. The molecule has 6 heteroatoms. The van der Waals surface area contributed by atoms with Crippen molar-refractivity contribution >= 4 is 11.9 Å². The van der Waals surface area contributed by atoms with Crippen LogP contribution in [0.5, 0.6) is 0 Å². The van der Waals surface area contributed by atoms with E-state index in [1.54, 1.807) is 6.08 Å². The third-order valence-corrected chi connectivity index (χ3v) is 17.2. The zero-order chi connectivity index (χ0) is 57.8. The van der Waals surface area contributed by atoms with Crippen LogP contribution in [0.25, 0.3) is 0 Å². The van der Waals surface area contributed by atoms with Crippen molar-refractivity contribution in [2.75, 3.05) is 13.2 Å². The number of allylic oxidation sites excluding steroid dienone is 3. The van der Waals surface area contributed by atoms with Gasteiger partial charge in [-0.15, -0.1) is 0 Å². The third kappa shape index (κ3) is 65.5. The molecule has 80 heavy (non-hydrogen) atoms. The van der Waals surface area contributed by atoms with Crippen LogP contribution in [0, 0.1) is 0 Å². The van der Waals surface area contributed by atoms with Crippen LogP contribution in [-0.2, 0) is 14.3 Å². The lowest BCUT2D eigenvalue weighted by molar-refractivity contribution is -0.143. The van der Waals surface area contributed by atoms with Crippen LogP contribution < -0.4 is 5.32 Å². The summed E-state index contributed by atoms with van der Waals surface area (Å²) in [5, 5.41) is 23.2. The molecular weight excluding hydrogens is 983 g/mol. The van der Waals surface area contributed by atoms with E-state index in [4.69, 9.17) is 4.74 Å². The van der Waals surface area contributed by atoms with Crippen molar-refractivity contribution < 1.29 is 24.5 Å². The minimum Gasteiger partial charge on any atom is -0.466 e. The molecule has 474 valence electrons. The lowest BCUT2D eigenvalue weighted by atomic mass is 10.0. The highest BCUT2D eigenvalue weighted by atomic mass is 16.5. The lowest BCUT2D eigenvalue weighted by Gasteiger charge is -2.20. The molecule has 0 aliphatic rings. The molecule has 0 heterocycles. The molecule has 0 bridgehead atoms. The Bertz CT molecular complexity index is 1250. The first-order valence-corrected chi connectivity index (χ1v) is 36.6. The predicted molar refractivity (Wildman–Crippen MR) is 352 cm³/mol. The Hall–Kier alpha value is -1.66. The largest absolute Gasteiger partial charge is 0.466 e. The number of hydrogen-bond donors (Lipinski definition) is 3.